The lowest BCUT2D eigenvalue weighted by Crippen LogP contribution is -3.11. The van der Waals surface area contributed by atoms with Gasteiger partial charge in [0.15, 0.2) is 5.11 Å². The Balaban J connectivity index is 1.66. The van der Waals surface area contributed by atoms with E-state index in [1.54, 1.807) is 17.0 Å². The number of halogens is 2. The summed E-state index contributed by atoms with van der Waals surface area (Å²) >= 11 is 19.4. The normalized spacial score (nSPS) is 17.2. The fraction of sp³-hybridized carbons (Fsp3) is 0.389. The van der Waals surface area contributed by atoms with Gasteiger partial charge in [-0.25, -0.2) is 0 Å². The van der Waals surface area contributed by atoms with Crippen LogP contribution < -0.4 is 15.5 Å². The van der Waals surface area contributed by atoms with Crippen molar-refractivity contribution in [3.8, 4) is 0 Å². The molecule has 3 nitrogen and oxygen atoms in total. The third-order valence-corrected chi connectivity index (χ3v) is 6.49. The van der Waals surface area contributed by atoms with E-state index < -0.39 is 0 Å². The molecule has 2 aromatic rings. The molecule has 1 aromatic heterocycles. The van der Waals surface area contributed by atoms with Crippen LogP contribution >= 0.6 is 46.8 Å². The minimum Gasteiger partial charge on any atom is -0.354 e. The average Bonchev–Trinajstić information content (AvgIpc) is 3.25. The van der Waals surface area contributed by atoms with Gasteiger partial charge in [0.2, 0.25) is 0 Å². The first-order chi connectivity index (χ1) is 12.0. The van der Waals surface area contributed by atoms with Crippen molar-refractivity contribution in [2.45, 2.75) is 31.8 Å². The van der Waals surface area contributed by atoms with Crippen molar-refractivity contribution in [1.82, 2.24) is 5.32 Å². The Morgan fingerprint density at radius 3 is 2.60 bits per heavy atom. The molecule has 0 spiro atoms. The van der Waals surface area contributed by atoms with Crippen molar-refractivity contribution in [3.05, 3.63) is 50.6 Å². The summed E-state index contributed by atoms with van der Waals surface area (Å²) in [5.41, 5.74) is 0.834. The first-order valence-electron chi connectivity index (χ1n) is 8.45. The maximum atomic E-state index is 6.07. The van der Waals surface area contributed by atoms with Crippen molar-refractivity contribution in [2.75, 3.05) is 18.4 Å². The van der Waals surface area contributed by atoms with Gasteiger partial charge < -0.3 is 15.5 Å². The molecule has 1 saturated heterocycles. The number of rotatable bonds is 5. The number of thiocarbonyl (C=S) groups is 1. The van der Waals surface area contributed by atoms with E-state index in [0.29, 0.717) is 21.2 Å². The van der Waals surface area contributed by atoms with E-state index in [4.69, 9.17) is 35.4 Å². The smallest absolute Gasteiger partial charge is 0.171 e. The maximum Gasteiger partial charge on any atom is 0.171 e. The van der Waals surface area contributed by atoms with Crippen LogP contribution in [0.3, 0.4) is 0 Å². The number of quaternary nitrogens is 1. The molecular formula is C18H22Cl2N3S2+. The largest absolute Gasteiger partial charge is 0.354 e. The van der Waals surface area contributed by atoms with Gasteiger partial charge in [0.1, 0.15) is 6.04 Å². The molecule has 0 saturated carbocycles. The standard InChI is InChI=1S/C18H21Cl2N3S2/c1-12(17(16-5-4-10-25-16)23-8-2-3-9-23)21-18(24)22-13-6-7-14(19)15(20)11-13/h4-7,10-12,17H,2-3,8-9H2,1H3,(H2,21,22,24)/p+1/t12-,17+/m0/s1. The number of hydrogen-bond donors (Lipinski definition) is 3. The van der Waals surface area contributed by atoms with Gasteiger partial charge >= 0.3 is 0 Å². The monoisotopic (exact) mass is 414 g/mol. The summed E-state index contributed by atoms with van der Waals surface area (Å²) in [4.78, 5) is 3.05. The fourth-order valence-electron chi connectivity index (χ4n) is 3.44. The molecule has 1 aliphatic rings. The Kier molecular flexibility index (Phi) is 6.58. The van der Waals surface area contributed by atoms with Gasteiger partial charge in [-0.3, -0.25) is 0 Å². The van der Waals surface area contributed by atoms with E-state index in [0.717, 1.165) is 5.69 Å². The lowest BCUT2D eigenvalue weighted by Gasteiger charge is -2.30. The van der Waals surface area contributed by atoms with Crippen LogP contribution in [0.25, 0.3) is 0 Å². The number of benzene rings is 1. The van der Waals surface area contributed by atoms with Gasteiger partial charge in [0.25, 0.3) is 0 Å². The van der Waals surface area contributed by atoms with Crippen molar-refractivity contribution in [1.29, 1.82) is 0 Å². The SMILES string of the molecule is C[C@H](NC(=S)Nc1ccc(Cl)c(Cl)c1)[C@H](c1cccs1)[NH+]1CCCC1. The minimum atomic E-state index is 0.231. The highest BCUT2D eigenvalue weighted by atomic mass is 35.5. The van der Waals surface area contributed by atoms with Gasteiger partial charge in [0, 0.05) is 18.5 Å². The number of thiophene rings is 1. The molecule has 134 valence electrons. The summed E-state index contributed by atoms with van der Waals surface area (Å²) < 4.78 is 0. The molecule has 0 radical (unpaired) electrons. The highest BCUT2D eigenvalue weighted by Gasteiger charge is 2.33. The van der Waals surface area contributed by atoms with Crippen LogP contribution in [0, 0.1) is 0 Å². The molecule has 2 heterocycles. The molecule has 3 N–H and O–H groups in total. The summed E-state index contributed by atoms with van der Waals surface area (Å²) in [5, 5.41) is 10.5. The quantitative estimate of drug-likeness (QED) is 0.641. The number of anilines is 1. The molecule has 1 fully saturated rings. The summed E-state index contributed by atoms with van der Waals surface area (Å²) in [7, 11) is 0. The van der Waals surface area contributed by atoms with Gasteiger partial charge in [-0.1, -0.05) is 29.3 Å². The molecule has 0 aliphatic carbocycles. The summed E-state index contributed by atoms with van der Waals surface area (Å²) in [6.45, 7) is 4.65. The summed E-state index contributed by atoms with van der Waals surface area (Å²) in [5.74, 6) is 0. The zero-order valence-electron chi connectivity index (χ0n) is 14.0. The first kappa shape index (κ1) is 18.9. The van der Waals surface area contributed by atoms with Crippen LogP contribution in [0.1, 0.15) is 30.7 Å². The van der Waals surface area contributed by atoms with E-state index in [1.165, 1.54) is 30.8 Å². The second kappa shape index (κ2) is 8.69. The predicted molar refractivity (Wildman–Crippen MR) is 112 cm³/mol. The Bertz CT molecular complexity index is 715. The molecule has 1 aromatic carbocycles. The number of nitrogens with one attached hydrogen (secondary N) is 3. The van der Waals surface area contributed by atoms with Crippen molar-refractivity contribution in [3.63, 3.8) is 0 Å². The van der Waals surface area contributed by atoms with Gasteiger partial charge in [-0.2, -0.15) is 0 Å². The number of likely N-dealkylation sites (tertiary alicyclic amines) is 1. The third-order valence-electron chi connectivity index (χ3n) is 4.57. The number of hydrogen-bond acceptors (Lipinski definition) is 2. The fourth-order valence-corrected chi connectivity index (χ4v) is 5.03. The van der Waals surface area contributed by atoms with Crippen LogP contribution in [-0.2, 0) is 0 Å². The van der Waals surface area contributed by atoms with Crippen molar-refractivity contribution < 1.29 is 4.90 Å². The Morgan fingerprint density at radius 1 is 1.20 bits per heavy atom. The average molecular weight is 415 g/mol. The van der Waals surface area contributed by atoms with E-state index in [-0.39, 0.29) is 6.04 Å². The zero-order chi connectivity index (χ0) is 17.8. The molecular weight excluding hydrogens is 393 g/mol. The molecule has 0 bridgehead atoms. The zero-order valence-corrected chi connectivity index (χ0v) is 17.2. The van der Waals surface area contributed by atoms with E-state index in [9.17, 15) is 0 Å². The Hall–Kier alpha value is -0.850. The highest BCUT2D eigenvalue weighted by Crippen LogP contribution is 2.25. The van der Waals surface area contributed by atoms with Crippen LogP contribution in [-0.4, -0.2) is 24.2 Å². The van der Waals surface area contributed by atoms with Crippen molar-refractivity contribution in [2.24, 2.45) is 0 Å². The third kappa shape index (κ3) is 4.86. The molecule has 2 atom stereocenters. The predicted octanol–water partition coefficient (Wildman–Crippen LogP) is 4.15. The van der Waals surface area contributed by atoms with Gasteiger partial charge in [-0.15, -0.1) is 11.3 Å². The topological polar surface area (TPSA) is 28.5 Å². The second-order valence-corrected chi connectivity index (χ2v) is 8.58. The molecule has 0 amide bonds. The lowest BCUT2D eigenvalue weighted by molar-refractivity contribution is -0.920. The molecule has 0 unspecified atom stereocenters. The first-order valence-corrected chi connectivity index (χ1v) is 10.5. The van der Waals surface area contributed by atoms with E-state index in [1.807, 2.05) is 17.4 Å². The Morgan fingerprint density at radius 2 is 1.96 bits per heavy atom. The van der Waals surface area contributed by atoms with Crippen LogP contribution in [0.2, 0.25) is 10.0 Å². The van der Waals surface area contributed by atoms with Crippen LogP contribution in [0.15, 0.2) is 35.7 Å². The Labute approximate surface area is 168 Å². The summed E-state index contributed by atoms with van der Waals surface area (Å²) in [6, 6.07) is 10.4. The van der Waals surface area contributed by atoms with Crippen LogP contribution in [0.4, 0.5) is 5.69 Å². The highest BCUT2D eigenvalue weighted by molar-refractivity contribution is 7.80. The van der Waals surface area contributed by atoms with Crippen LogP contribution in [0.5, 0.6) is 0 Å². The van der Waals surface area contributed by atoms with E-state index in [2.05, 4.69) is 35.1 Å². The molecule has 25 heavy (non-hydrogen) atoms. The molecule has 7 heteroatoms. The van der Waals surface area contributed by atoms with Crippen molar-refractivity contribution >= 4 is 57.6 Å². The minimum absolute atomic E-state index is 0.231. The lowest BCUT2D eigenvalue weighted by atomic mass is 10.1. The summed E-state index contributed by atoms with van der Waals surface area (Å²) in [6.07, 6.45) is 2.60. The van der Waals surface area contributed by atoms with Gasteiger partial charge in [-0.05, 0) is 48.8 Å². The molecule has 3 rings (SSSR count). The van der Waals surface area contributed by atoms with E-state index >= 15 is 0 Å². The van der Waals surface area contributed by atoms with Gasteiger partial charge in [0.05, 0.1) is 34.1 Å². The molecule has 1 aliphatic heterocycles. The second-order valence-electron chi connectivity index (χ2n) is 6.37. The maximum absolute atomic E-state index is 6.07.